The van der Waals surface area contributed by atoms with E-state index >= 15 is 0 Å². The lowest BCUT2D eigenvalue weighted by Crippen LogP contribution is -2.35. The van der Waals surface area contributed by atoms with Gasteiger partial charge in [-0.3, -0.25) is 4.79 Å². The third kappa shape index (κ3) is 5.40. The van der Waals surface area contributed by atoms with Crippen molar-refractivity contribution in [2.24, 2.45) is 5.41 Å². The lowest BCUT2D eigenvalue weighted by molar-refractivity contribution is 0.0925. The van der Waals surface area contributed by atoms with Gasteiger partial charge in [-0.2, -0.15) is 0 Å². The largest absolute Gasteiger partial charge is 0.392 e. The van der Waals surface area contributed by atoms with Crippen molar-refractivity contribution in [1.29, 1.82) is 0 Å². The SMILES string of the molecule is CCC(C)(CC)CNC(=O)c1cc(CO)cc(Cc2cccc(C)c2)n1. The summed E-state index contributed by atoms with van der Waals surface area (Å²) in [5.41, 5.74) is 4.30. The minimum absolute atomic E-state index is 0.0919. The minimum atomic E-state index is -0.182. The first-order chi connectivity index (χ1) is 12.4. The van der Waals surface area contributed by atoms with E-state index in [0.717, 1.165) is 24.1 Å². The summed E-state index contributed by atoms with van der Waals surface area (Å²) in [6.45, 7) is 9.02. The van der Waals surface area contributed by atoms with Gasteiger partial charge in [-0.25, -0.2) is 4.98 Å². The number of aromatic nitrogens is 1. The molecule has 1 aromatic carbocycles. The lowest BCUT2D eigenvalue weighted by atomic mass is 9.85. The van der Waals surface area contributed by atoms with Gasteiger partial charge in [0.15, 0.2) is 0 Å². The smallest absolute Gasteiger partial charge is 0.269 e. The number of aliphatic hydroxyl groups is 1. The summed E-state index contributed by atoms with van der Waals surface area (Å²) >= 11 is 0. The average molecular weight is 354 g/mol. The van der Waals surface area contributed by atoms with Crippen LogP contribution in [0, 0.1) is 12.3 Å². The molecule has 0 bridgehead atoms. The van der Waals surface area contributed by atoms with Gasteiger partial charge in [0, 0.05) is 18.7 Å². The van der Waals surface area contributed by atoms with Gasteiger partial charge in [0.25, 0.3) is 5.91 Å². The van der Waals surface area contributed by atoms with Crippen LogP contribution in [0.4, 0.5) is 0 Å². The number of aliphatic hydroxyl groups excluding tert-OH is 1. The topological polar surface area (TPSA) is 62.2 Å². The van der Waals surface area contributed by atoms with Crippen LogP contribution in [0.1, 0.15) is 66.5 Å². The fraction of sp³-hybridized carbons (Fsp3) is 0.455. The van der Waals surface area contributed by atoms with Crippen LogP contribution in [0.15, 0.2) is 36.4 Å². The van der Waals surface area contributed by atoms with Gasteiger partial charge >= 0.3 is 0 Å². The summed E-state index contributed by atoms with van der Waals surface area (Å²) in [7, 11) is 0. The quantitative estimate of drug-likeness (QED) is 0.752. The maximum absolute atomic E-state index is 12.6. The number of aryl methyl sites for hydroxylation is 1. The van der Waals surface area contributed by atoms with Crippen LogP contribution in [-0.4, -0.2) is 22.5 Å². The van der Waals surface area contributed by atoms with Crippen molar-refractivity contribution in [3.05, 3.63) is 64.5 Å². The fourth-order valence-electron chi connectivity index (χ4n) is 2.86. The minimum Gasteiger partial charge on any atom is -0.392 e. The highest BCUT2D eigenvalue weighted by atomic mass is 16.3. The maximum atomic E-state index is 12.6. The highest BCUT2D eigenvalue weighted by molar-refractivity contribution is 5.92. The van der Waals surface area contributed by atoms with Crippen LogP contribution in [-0.2, 0) is 13.0 Å². The molecule has 0 unspecified atom stereocenters. The molecule has 4 heteroatoms. The molecule has 4 nitrogen and oxygen atoms in total. The normalized spacial score (nSPS) is 11.4. The number of nitrogens with one attached hydrogen (secondary N) is 1. The Bertz CT molecular complexity index is 752. The molecule has 26 heavy (non-hydrogen) atoms. The molecule has 0 atom stereocenters. The van der Waals surface area contributed by atoms with E-state index in [2.05, 4.69) is 50.1 Å². The highest BCUT2D eigenvalue weighted by Gasteiger charge is 2.21. The Morgan fingerprint density at radius 3 is 2.50 bits per heavy atom. The van der Waals surface area contributed by atoms with Crippen LogP contribution >= 0.6 is 0 Å². The van der Waals surface area contributed by atoms with E-state index in [1.54, 1.807) is 6.07 Å². The molecular formula is C22H30N2O2. The molecule has 0 spiro atoms. The molecule has 140 valence electrons. The monoisotopic (exact) mass is 354 g/mol. The number of amides is 1. The number of benzene rings is 1. The lowest BCUT2D eigenvalue weighted by Gasteiger charge is -2.26. The molecule has 1 aromatic heterocycles. The highest BCUT2D eigenvalue weighted by Crippen LogP contribution is 2.24. The Kier molecular flexibility index (Phi) is 6.92. The maximum Gasteiger partial charge on any atom is 0.269 e. The van der Waals surface area contributed by atoms with Crippen molar-refractivity contribution in [1.82, 2.24) is 10.3 Å². The number of hydrogen-bond acceptors (Lipinski definition) is 3. The van der Waals surface area contributed by atoms with Crippen LogP contribution < -0.4 is 5.32 Å². The van der Waals surface area contributed by atoms with E-state index < -0.39 is 0 Å². The van der Waals surface area contributed by atoms with E-state index in [0.29, 0.717) is 24.2 Å². The molecular weight excluding hydrogens is 324 g/mol. The Morgan fingerprint density at radius 1 is 1.15 bits per heavy atom. The molecule has 0 aliphatic heterocycles. The third-order valence-corrected chi connectivity index (χ3v) is 5.20. The number of hydrogen-bond donors (Lipinski definition) is 2. The summed E-state index contributed by atoms with van der Waals surface area (Å²) in [5.74, 6) is -0.182. The van der Waals surface area contributed by atoms with E-state index in [9.17, 15) is 9.90 Å². The molecule has 2 rings (SSSR count). The van der Waals surface area contributed by atoms with E-state index in [1.165, 1.54) is 5.56 Å². The molecule has 0 fully saturated rings. The zero-order chi connectivity index (χ0) is 19.2. The Hall–Kier alpha value is -2.20. The van der Waals surface area contributed by atoms with Crippen LogP contribution in [0.2, 0.25) is 0 Å². The predicted octanol–water partition coefficient (Wildman–Crippen LogP) is 4.03. The van der Waals surface area contributed by atoms with Gasteiger partial charge in [-0.15, -0.1) is 0 Å². The molecule has 1 heterocycles. The second kappa shape index (κ2) is 8.95. The summed E-state index contributed by atoms with van der Waals surface area (Å²) in [4.78, 5) is 17.1. The van der Waals surface area contributed by atoms with Gasteiger partial charge in [-0.1, -0.05) is 50.6 Å². The average Bonchev–Trinajstić information content (AvgIpc) is 2.65. The zero-order valence-corrected chi connectivity index (χ0v) is 16.3. The Labute approximate surface area is 156 Å². The standard InChI is InChI=1S/C22H30N2O2/c1-5-22(4,6-2)15-23-21(26)20-13-18(14-25)12-19(24-20)11-17-9-7-8-16(3)10-17/h7-10,12-13,25H,5-6,11,14-15H2,1-4H3,(H,23,26). The number of carbonyl (C=O) groups excluding carboxylic acids is 1. The van der Waals surface area contributed by atoms with Crippen LogP contribution in [0.3, 0.4) is 0 Å². The van der Waals surface area contributed by atoms with Gasteiger partial charge in [0.1, 0.15) is 5.69 Å². The summed E-state index contributed by atoms with van der Waals surface area (Å²) in [5, 5.41) is 12.6. The fourth-order valence-corrected chi connectivity index (χ4v) is 2.86. The molecule has 1 amide bonds. The number of pyridine rings is 1. The number of carbonyl (C=O) groups is 1. The number of nitrogens with zero attached hydrogens (tertiary/aromatic N) is 1. The first-order valence-electron chi connectivity index (χ1n) is 9.33. The predicted molar refractivity (Wildman–Crippen MR) is 105 cm³/mol. The zero-order valence-electron chi connectivity index (χ0n) is 16.3. The Morgan fingerprint density at radius 2 is 1.88 bits per heavy atom. The van der Waals surface area contributed by atoms with Crippen molar-refractivity contribution in [2.45, 2.75) is 53.6 Å². The van der Waals surface area contributed by atoms with Gasteiger partial charge in [0.05, 0.1) is 6.61 Å². The molecule has 0 aliphatic rings. The van der Waals surface area contributed by atoms with Crippen molar-refractivity contribution in [3.63, 3.8) is 0 Å². The third-order valence-electron chi connectivity index (χ3n) is 5.20. The second-order valence-electron chi connectivity index (χ2n) is 7.38. The summed E-state index contributed by atoms with van der Waals surface area (Å²) < 4.78 is 0. The molecule has 2 aromatic rings. The number of rotatable bonds is 8. The van der Waals surface area contributed by atoms with Crippen LogP contribution in [0.5, 0.6) is 0 Å². The molecule has 0 saturated heterocycles. The second-order valence-corrected chi connectivity index (χ2v) is 7.38. The van der Waals surface area contributed by atoms with Crippen molar-refractivity contribution < 1.29 is 9.90 Å². The molecule has 0 radical (unpaired) electrons. The van der Waals surface area contributed by atoms with Crippen molar-refractivity contribution >= 4 is 5.91 Å². The molecule has 0 aliphatic carbocycles. The first-order valence-corrected chi connectivity index (χ1v) is 9.33. The summed E-state index contributed by atoms with van der Waals surface area (Å²) in [6, 6.07) is 11.8. The first kappa shape index (κ1) is 20.1. The van der Waals surface area contributed by atoms with Gasteiger partial charge < -0.3 is 10.4 Å². The Balaban J connectivity index is 2.19. The van der Waals surface area contributed by atoms with Crippen molar-refractivity contribution in [2.75, 3.05) is 6.54 Å². The molecule has 2 N–H and O–H groups in total. The van der Waals surface area contributed by atoms with Crippen molar-refractivity contribution in [3.8, 4) is 0 Å². The molecule has 0 saturated carbocycles. The van der Waals surface area contributed by atoms with E-state index in [4.69, 9.17) is 0 Å². The van der Waals surface area contributed by atoms with Crippen LogP contribution in [0.25, 0.3) is 0 Å². The van der Waals surface area contributed by atoms with Gasteiger partial charge in [0.2, 0.25) is 0 Å². The summed E-state index contributed by atoms with van der Waals surface area (Å²) in [6.07, 6.45) is 2.65. The van der Waals surface area contributed by atoms with E-state index in [1.807, 2.05) is 18.2 Å². The van der Waals surface area contributed by atoms with Gasteiger partial charge in [-0.05, 0) is 48.4 Å². The van der Waals surface area contributed by atoms with E-state index in [-0.39, 0.29) is 17.9 Å².